The maximum absolute atomic E-state index is 12.7. The minimum atomic E-state index is 0. The molecule has 0 spiro atoms. The summed E-state index contributed by atoms with van der Waals surface area (Å²) < 4.78 is 0. The first-order valence-electron chi connectivity index (χ1n) is 11.7. The van der Waals surface area contributed by atoms with Gasteiger partial charge in [-0.05, 0) is 24.5 Å². The highest BCUT2D eigenvalue weighted by Crippen LogP contribution is 2.19. The van der Waals surface area contributed by atoms with Crippen molar-refractivity contribution in [2.75, 3.05) is 57.8 Å². The lowest BCUT2D eigenvalue weighted by molar-refractivity contribution is -0.131. The summed E-state index contributed by atoms with van der Waals surface area (Å²) in [6.45, 7) is 5.40. The van der Waals surface area contributed by atoms with Gasteiger partial charge in [0.05, 0.1) is 0 Å². The third-order valence-corrected chi connectivity index (χ3v) is 6.18. The molecule has 1 aromatic heterocycles. The Kier molecular flexibility index (Phi) is 10.1. The fourth-order valence-electron chi connectivity index (χ4n) is 4.32. The number of amides is 1. The van der Waals surface area contributed by atoms with Gasteiger partial charge in [0.2, 0.25) is 11.9 Å². The second-order valence-corrected chi connectivity index (χ2v) is 8.34. The van der Waals surface area contributed by atoms with Crippen LogP contribution in [0, 0.1) is 0 Å². The van der Waals surface area contributed by atoms with Crippen LogP contribution < -0.4 is 10.2 Å². The number of nitrogens with one attached hydrogen (secondary N) is 1. The first kappa shape index (κ1) is 25.9. The molecule has 1 amide bonds. The highest BCUT2D eigenvalue weighted by atomic mass is 127. The highest BCUT2D eigenvalue weighted by Gasteiger charge is 2.23. The Morgan fingerprint density at radius 3 is 2.29 bits per heavy atom. The van der Waals surface area contributed by atoms with Crippen molar-refractivity contribution in [3.05, 3.63) is 59.9 Å². The number of aliphatic imine (C=N–C) groups is 1. The number of hydrogen-bond donors (Lipinski definition) is 1. The summed E-state index contributed by atoms with van der Waals surface area (Å²) in [6.07, 6.45) is 8.33. The zero-order valence-corrected chi connectivity index (χ0v) is 22.1. The number of halogens is 1. The predicted octanol–water partition coefficient (Wildman–Crippen LogP) is 2.89. The normalized spacial score (nSPS) is 16.7. The Hall–Kier alpha value is -2.69. The summed E-state index contributed by atoms with van der Waals surface area (Å²) in [7, 11) is 1.81. The average molecular weight is 575 g/mol. The summed E-state index contributed by atoms with van der Waals surface area (Å²) in [5.74, 6) is 1.80. The lowest BCUT2D eigenvalue weighted by Gasteiger charge is -2.35. The molecule has 0 atom stereocenters. The number of piperidine rings is 1. The van der Waals surface area contributed by atoms with Crippen LogP contribution in [0.1, 0.15) is 24.8 Å². The van der Waals surface area contributed by atoms with E-state index in [9.17, 15) is 4.79 Å². The number of rotatable bonds is 5. The largest absolute Gasteiger partial charge is 0.356 e. The number of nitrogens with zero attached hydrogens (tertiary/aromatic N) is 6. The molecule has 9 heteroatoms. The van der Waals surface area contributed by atoms with Crippen molar-refractivity contribution in [1.29, 1.82) is 0 Å². The molecule has 4 rings (SSSR count). The van der Waals surface area contributed by atoms with E-state index in [0.29, 0.717) is 26.1 Å². The molecule has 2 aliphatic heterocycles. The molecule has 1 aromatic carbocycles. The van der Waals surface area contributed by atoms with E-state index in [2.05, 4.69) is 60.4 Å². The molecule has 34 heavy (non-hydrogen) atoms. The summed E-state index contributed by atoms with van der Waals surface area (Å²) >= 11 is 0. The van der Waals surface area contributed by atoms with Crippen LogP contribution in [0.3, 0.4) is 0 Å². The van der Waals surface area contributed by atoms with Gasteiger partial charge in [0.15, 0.2) is 5.96 Å². The number of carbonyl (C=O) groups is 1. The number of aromatic nitrogens is 2. The van der Waals surface area contributed by atoms with E-state index < -0.39 is 0 Å². The number of hydrogen-bond acceptors (Lipinski definition) is 5. The lowest BCUT2D eigenvalue weighted by atomic mass is 10.0. The standard InChI is InChI=1S/C25H33N7O.HI/c1-26-24(31-14-9-22(10-15-31)20-21-6-3-2-4-7-21)29-13-8-23(33)30-16-18-32(19-17-30)25-27-11-5-12-28-25;/h2-7,11-12,20H,8-10,13-19H2,1H3,(H,26,29);1H. The van der Waals surface area contributed by atoms with Gasteiger partial charge in [-0.1, -0.05) is 42.0 Å². The van der Waals surface area contributed by atoms with Crippen LogP contribution in [0.25, 0.3) is 6.08 Å². The van der Waals surface area contributed by atoms with E-state index in [1.54, 1.807) is 12.4 Å². The monoisotopic (exact) mass is 575 g/mol. The summed E-state index contributed by atoms with van der Waals surface area (Å²) in [5, 5.41) is 3.39. The topological polar surface area (TPSA) is 77.0 Å². The second kappa shape index (κ2) is 13.3. The SMILES string of the molecule is CN=C(NCCC(=O)N1CCN(c2ncccn2)CC1)N1CCC(=Cc2ccccc2)CC1.I. The molecular weight excluding hydrogens is 541 g/mol. The fraction of sp³-hybridized carbons (Fsp3) is 0.440. The summed E-state index contributed by atoms with van der Waals surface area (Å²) in [5.41, 5.74) is 2.74. The van der Waals surface area contributed by atoms with Crippen molar-refractivity contribution in [2.45, 2.75) is 19.3 Å². The Bertz CT molecular complexity index is 950. The van der Waals surface area contributed by atoms with Crippen LogP contribution in [-0.2, 0) is 4.79 Å². The van der Waals surface area contributed by atoms with Gasteiger partial charge in [0.25, 0.3) is 0 Å². The number of benzene rings is 1. The molecule has 0 unspecified atom stereocenters. The molecule has 1 N–H and O–H groups in total. The fourth-order valence-corrected chi connectivity index (χ4v) is 4.32. The number of likely N-dealkylation sites (tertiary alicyclic amines) is 1. The van der Waals surface area contributed by atoms with Crippen molar-refractivity contribution in [3.8, 4) is 0 Å². The molecule has 0 radical (unpaired) electrons. The van der Waals surface area contributed by atoms with Crippen LogP contribution >= 0.6 is 24.0 Å². The number of carbonyl (C=O) groups excluding carboxylic acids is 1. The first-order chi connectivity index (χ1) is 16.2. The molecule has 2 saturated heterocycles. The van der Waals surface area contributed by atoms with Crippen LogP contribution in [-0.4, -0.2) is 84.5 Å². The van der Waals surface area contributed by atoms with Crippen molar-refractivity contribution < 1.29 is 4.79 Å². The molecule has 0 aliphatic carbocycles. The minimum absolute atomic E-state index is 0. The van der Waals surface area contributed by atoms with Crippen LogP contribution in [0.4, 0.5) is 5.95 Å². The van der Waals surface area contributed by atoms with Crippen molar-refractivity contribution >= 4 is 47.9 Å². The molecule has 2 fully saturated rings. The molecule has 0 saturated carbocycles. The van der Waals surface area contributed by atoms with Gasteiger partial charge in [0.1, 0.15) is 0 Å². The summed E-state index contributed by atoms with van der Waals surface area (Å²) in [6, 6.07) is 12.3. The van der Waals surface area contributed by atoms with Gasteiger partial charge in [-0.15, -0.1) is 24.0 Å². The van der Waals surface area contributed by atoms with Crippen molar-refractivity contribution in [2.24, 2.45) is 4.99 Å². The Balaban J connectivity index is 0.00000324. The Morgan fingerprint density at radius 1 is 0.971 bits per heavy atom. The van der Waals surface area contributed by atoms with E-state index in [0.717, 1.165) is 50.9 Å². The van der Waals surface area contributed by atoms with E-state index >= 15 is 0 Å². The number of piperazine rings is 1. The molecule has 182 valence electrons. The minimum Gasteiger partial charge on any atom is -0.356 e. The molecule has 2 aliphatic rings. The van der Waals surface area contributed by atoms with Crippen LogP contribution in [0.2, 0.25) is 0 Å². The zero-order chi connectivity index (χ0) is 22.9. The predicted molar refractivity (Wildman–Crippen MR) is 147 cm³/mol. The van der Waals surface area contributed by atoms with Crippen LogP contribution in [0.5, 0.6) is 0 Å². The van der Waals surface area contributed by atoms with E-state index in [-0.39, 0.29) is 29.9 Å². The number of anilines is 1. The molecule has 0 bridgehead atoms. The van der Waals surface area contributed by atoms with Gasteiger partial charge in [-0.2, -0.15) is 0 Å². The van der Waals surface area contributed by atoms with Gasteiger partial charge < -0.3 is 20.0 Å². The molecule has 2 aromatic rings. The second-order valence-electron chi connectivity index (χ2n) is 8.34. The average Bonchev–Trinajstić information content (AvgIpc) is 2.88. The lowest BCUT2D eigenvalue weighted by Crippen LogP contribution is -2.50. The Morgan fingerprint density at radius 2 is 1.65 bits per heavy atom. The van der Waals surface area contributed by atoms with Gasteiger partial charge in [-0.25, -0.2) is 9.97 Å². The molecule has 8 nitrogen and oxygen atoms in total. The highest BCUT2D eigenvalue weighted by molar-refractivity contribution is 14.0. The van der Waals surface area contributed by atoms with E-state index in [1.807, 2.05) is 24.1 Å². The van der Waals surface area contributed by atoms with Crippen molar-refractivity contribution in [1.82, 2.24) is 25.1 Å². The maximum Gasteiger partial charge on any atom is 0.225 e. The zero-order valence-electron chi connectivity index (χ0n) is 19.8. The third kappa shape index (κ3) is 7.15. The van der Waals surface area contributed by atoms with E-state index in [4.69, 9.17) is 0 Å². The first-order valence-corrected chi connectivity index (χ1v) is 11.7. The Labute approximate surface area is 219 Å². The van der Waals surface area contributed by atoms with Crippen LogP contribution in [0.15, 0.2) is 59.4 Å². The smallest absolute Gasteiger partial charge is 0.225 e. The maximum atomic E-state index is 12.7. The summed E-state index contributed by atoms with van der Waals surface area (Å²) in [4.78, 5) is 32.1. The quantitative estimate of drug-likeness (QED) is 0.336. The van der Waals surface area contributed by atoms with Gasteiger partial charge in [0, 0.05) is 71.7 Å². The van der Waals surface area contributed by atoms with Crippen molar-refractivity contribution in [3.63, 3.8) is 0 Å². The third-order valence-electron chi connectivity index (χ3n) is 6.18. The molecule has 3 heterocycles. The van der Waals surface area contributed by atoms with Gasteiger partial charge in [-0.3, -0.25) is 9.79 Å². The van der Waals surface area contributed by atoms with Gasteiger partial charge >= 0.3 is 0 Å². The molecular formula is C25H34IN7O. The number of guanidine groups is 1. The van der Waals surface area contributed by atoms with E-state index in [1.165, 1.54) is 11.1 Å².